The molecule has 6 heteroatoms. The minimum atomic E-state index is -0.478. The minimum Gasteiger partial charge on any atom is -0.297 e. The van der Waals surface area contributed by atoms with Crippen molar-refractivity contribution in [1.29, 1.82) is 0 Å². The van der Waals surface area contributed by atoms with Crippen LogP contribution < -0.4 is 11.2 Å². The summed E-state index contributed by atoms with van der Waals surface area (Å²) in [5.41, 5.74) is 0.412. The zero-order valence-corrected chi connectivity index (χ0v) is 13.3. The van der Waals surface area contributed by atoms with Crippen LogP contribution in [-0.4, -0.2) is 9.55 Å². The summed E-state index contributed by atoms with van der Waals surface area (Å²) >= 11 is 12.0. The Labute approximate surface area is 132 Å². The van der Waals surface area contributed by atoms with Crippen LogP contribution in [0, 0.1) is 5.92 Å². The van der Waals surface area contributed by atoms with Gasteiger partial charge < -0.3 is 0 Å². The lowest BCUT2D eigenvalue weighted by Gasteiger charge is -2.11. The van der Waals surface area contributed by atoms with Crippen LogP contribution >= 0.6 is 23.2 Å². The van der Waals surface area contributed by atoms with Crippen molar-refractivity contribution >= 4 is 23.2 Å². The van der Waals surface area contributed by atoms with Gasteiger partial charge in [0, 0.05) is 18.0 Å². The highest BCUT2D eigenvalue weighted by Crippen LogP contribution is 2.16. The maximum absolute atomic E-state index is 12.5. The second kappa shape index (κ2) is 6.50. The van der Waals surface area contributed by atoms with Crippen LogP contribution in [0.15, 0.2) is 33.9 Å². The third kappa shape index (κ3) is 3.77. The van der Waals surface area contributed by atoms with Gasteiger partial charge in [-0.2, -0.15) is 0 Å². The van der Waals surface area contributed by atoms with E-state index in [-0.39, 0.29) is 16.6 Å². The van der Waals surface area contributed by atoms with Crippen molar-refractivity contribution in [2.24, 2.45) is 5.92 Å². The van der Waals surface area contributed by atoms with Gasteiger partial charge in [0.25, 0.3) is 5.56 Å². The average molecular weight is 327 g/mol. The van der Waals surface area contributed by atoms with E-state index in [4.69, 9.17) is 23.2 Å². The third-order valence-corrected chi connectivity index (χ3v) is 3.61. The summed E-state index contributed by atoms with van der Waals surface area (Å²) in [7, 11) is 0. The Balaban J connectivity index is 2.49. The molecule has 0 aliphatic rings. The molecular weight excluding hydrogens is 311 g/mol. The normalized spacial score (nSPS) is 11.1. The first-order valence-electron chi connectivity index (χ1n) is 6.64. The van der Waals surface area contributed by atoms with Gasteiger partial charge in [-0.3, -0.25) is 14.3 Å². The second-order valence-corrected chi connectivity index (χ2v) is 6.15. The van der Waals surface area contributed by atoms with Crippen molar-refractivity contribution < 1.29 is 0 Å². The first kappa shape index (κ1) is 15.9. The van der Waals surface area contributed by atoms with E-state index in [0.29, 0.717) is 23.6 Å². The molecule has 4 nitrogen and oxygen atoms in total. The van der Waals surface area contributed by atoms with E-state index in [2.05, 4.69) is 4.98 Å². The van der Waals surface area contributed by atoms with E-state index in [1.54, 1.807) is 12.1 Å². The van der Waals surface area contributed by atoms with Gasteiger partial charge in [0.1, 0.15) is 5.15 Å². The topological polar surface area (TPSA) is 54.9 Å². The Kier molecular flexibility index (Phi) is 4.91. The fourth-order valence-corrected chi connectivity index (χ4v) is 2.56. The number of benzene rings is 1. The van der Waals surface area contributed by atoms with Crippen LogP contribution in [-0.2, 0) is 13.0 Å². The molecule has 0 radical (unpaired) electrons. The van der Waals surface area contributed by atoms with Gasteiger partial charge >= 0.3 is 5.69 Å². The van der Waals surface area contributed by atoms with Gasteiger partial charge in [-0.25, -0.2) is 4.79 Å². The Morgan fingerprint density at radius 2 is 1.95 bits per heavy atom. The van der Waals surface area contributed by atoms with Crippen LogP contribution in [0.2, 0.25) is 10.2 Å². The molecule has 0 fully saturated rings. The first-order valence-corrected chi connectivity index (χ1v) is 7.40. The van der Waals surface area contributed by atoms with E-state index in [0.717, 1.165) is 5.56 Å². The molecule has 0 bridgehead atoms. The summed E-state index contributed by atoms with van der Waals surface area (Å²) in [6.07, 6.45) is 0.326. The minimum absolute atomic E-state index is 0.0879. The fraction of sp³-hybridized carbons (Fsp3) is 0.333. The SMILES string of the molecule is CC(C)Cn1c(=O)[nH]c(Cl)c(Cc2cccc(Cl)c2)c1=O. The molecule has 1 aromatic carbocycles. The van der Waals surface area contributed by atoms with Gasteiger partial charge in [0.2, 0.25) is 0 Å². The highest BCUT2D eigenvalue weighted by atomic mass is 35.5. The third-order valence-electron chi connectivity index (χ3n) is 3.05. The highest BCUT2D eigenvalue weighted by molar-refractivity contribution is 6.30. The predicted molar refractivity (Wildman–Crippen MR) is 85.4 cm³/mol. The zero-order chi connectivity index (χ0) is 15.6. The van der Waals surface area contributed by atoms with Crippen molar-refractivity contribution in [3.63, 3.8) is 0 Å². The average Bonchev–Trinajstić information content (AvgIpc) is 2.39. The second-order valence-electron chi connectivity index (χ2n) is 5.34. The summed E-state index contributed by atoms with van der Waals surface area (Å²) in [6, 6.07) is 7.20. The van der Waals surface area contributed by atoms with Gasteiger partial charge in [-0.15, -0.1) is 0 Å². The predicted octanol–water partition coefficient (Wildman–Crippen LogP) is 3.09. The Bertz CT molecular complexity index is 763. The summed E-state index contributed by atoms with van der Waals surface area (Å²) in [6.45, 7) is 4.24. The summed E-state index contributed by atoms with van der Waals surface area (Å²) in [5.74, 6) is 0.184. The van der Waals surface area contributed by atoms with E-state index in [1.807, 2.05) is 26.0 Å². The Morgan fingerprint density at radius 1 is 1.24 bits per heavy atom. The summed E-state index contributed by atoms with van der Waals surface area (Å²) < 4.78 is 1.19. The summed E-state index contributed by atoms with van der Waals surface area (Å²) in [5, 5.41) is 0.681. The molecule has 0 saturated heterocycles. The van der Waals surface area contributed by atoms with Crippen LogP contribution in [0.3, 0.4) is 0 Å². The number of rotatable bonds is 4. The van der Waals surface area contributed by atoms with Crippen molar-refractivity contribution in [3.05, 3.63) is 66.4 Å². The molecular formula is C15H16Cl2N2O2. The largest absolute Gasteiger partial charge is 0.329 e. The number of hydrogen-bond donors (Lipinski definition) is 1. The molecule has 2 rings (SSSR count). The summed E-state index contributed by atoms with van der Waals surface area (Å²) in [4.78, 5) is 26.8. The maximum atomic E-state index is 12.5. The number of aromatic nitrogens is 2. The lowest BCUT2D eigenvalue weighted by atomic mass is 10.1. The number of aromatic amines is 1. The molecule has 0 aliphatic carbocycles. The van der Waals surface area contributed by atoms with E-state index in [1.165, 1.54) is 4.57 Å². The molecule has 1 aromatic heterocycles. The molecule has 1 N–H and O–H groups in total. The van der Waals surface area contributed by atoms with Crippen molar-refractivity contribution in [3.8, 4) is 0 Å². The Morgan fingerprint density at radius 3 is 2.57 bits per heavy atom. The number of halogens is 2. The number of H-pyrrole nitrogens is 1. The van der Waals surface area contributed by atoms with Gasteiger partial charge in [0.05, 0.1) is 5.56 Å². The highest BCUT2D eigenvalue weighted by Gasteiger charge is 2.14. The number of nitrogens with one attached hydrogen (secondary N) is 1. The molecule has 0 atom stereocenters. The molecule has 0 spiro atoms. The Hall–Kier alpha value is -1.52. The smallest absolute Gasteiger partial charge is 0.297 e. The molecule has 112 valence electrons. The molecule has 0 amide bonds. The van der Waals surface area contributed by atoms with Crippen LogP contribution in [0.4, 0.5) is 0 Å². The molecule has 0 aliphatic heterocycles. The molecule has 0 saturated carbocycles. The van der Waals surface area contributed by atoms with Crippen molar-refractivity contribution in [2.45, 2.75) is 26.8 Å². The monoisotopic (exact) mass is 326 g/mol. The van der Waals surface area contributed by atoms with Gasteiger partial charge in [0.15, 0.2) is 0 Å². The molecule has 2 aromatic rings. The van der Waals surface area contributed by atoms with E-state index < -0.39 is 5.69 Å². The maximum Gasteiger partial charge on any atom is 0.329 e. The van der Waals surface area contributed by atoms with Gasteiger partial charge in [-0.1, -0.05) is 49.2 Å². The lowest BCUT2D eigenvalue weighted by Crippen LogP contribution is -2.38. The van der Waals surface area contributed by atoms with Crippen LogP contribution in [0.25, 0.3) is 0 Å². The lowest BCUT2D eigenvalue weighted by molar-refractivity contribution is 0.490. The zero-order valence-electron chi connectivity index (χ0n) is 11.8. The number of hydrogen-bond acceptors (Lipinski definition) is 2. The fourth-order valence-electron chi connectivity index (χ4n) is 2.12. The van der Waals surface area contributed by atoms with E-state index in [9.17, 15) is 9.59 Å². The standard InChI is InChI=1S/C15H16Cl2N2O2/c1-9(2)8-19-14(20)12(13(17)18-15(19)21)7-10-4-3-5-11(16)6-10/h3-6,9H,7-8H2,1-2H3,(H,18,21). The molecule has 1 heterocycles. The van der Waals surface area contributed by atoms with Crippen LogP contribution in [0.5, 0.6) is 0 Å². The molecule has 0 unspecified atom stereocenters. The van der Waals surface area contributed by atoms with Crippen molar-refractivity contribution in [1.82, 2.24) is 9.55 Å². The van der Waals surface area contributed by atoms with Crippen molar-refractivity contribution in [2.75, 3.05) is 0 Å². The quantitative estimate of drug-likeness (QED) is 0.878. The molecule has 21 heavy (non-hydrogen) atoms. The number of nitrogens with zero attached hydrogens (tertiary/aromatic N) is 1. The first-order chi connectivity index (χ1) is 9.88. The van der Waals surface area contributed by atoms with Crippen LogP contribution in [0.1, 0.15) is 25.0 Å². The van der Waals surface area contributed by atoms with E-state index >= 15 is 0 Å². The van der Waals surface area contributed by atoms with Gasteiger partial charge in [-0.05, 0) is 23.6 Å².